The van der Waals surface area contributed by atoms with E-state index in [1.165, 1.54) is 18.2 Å². The first-order valence-electron chi connectivity index (χ1n) is 5.86. The molecular formula is C14H16N2O2. The Morgan fingerprint density at radius 3 is 2.78 bits per heavy atom. The Bertz CT molecular complexity index is 532. The molecule has 2 rings (SSSR count). The first kappa shape index (κ1) is 12.4. The zero-order valence-electron chi connectivity index (χ0n) is 10.8. The molecule has 0 bridgehead atoms. The second-order valence-corrected chi connectivity index (χ2v) is 4.49. The minimum Gasteiger partial charge on any atom is -0.451 e. The summed E-state index contributed by atoms with van der Waals surface area (Å²) in [5, 5.41) is 0. The van der Waals surface area contributed by atoms with Crippen molar-refractivity contribution >= 4 is 11.6 Å². The number of anilines is 1. The quantitative estimate of drug-likeness (QED) is 0.833. The monoisotopic (exact) mass is 244 g/mol. The predicted octanol–water partition coefficient (Wildman–Crippen LogP) is 3.07. The molecular weight excluding hydrogens is 228 g/mol. The summed E-state index contributed by atoms with van der Waals surface area (Å²) in [5.41, 5.74) is 2.37. The van der Waals surface area contributed by atoms with Gasteiger partial charge in [0, 0.05) is 12.7 Å². The number of amides is 1. The first-order chi connectivity index (χ1) is 8.59. The van der Waals surface area contributed by atoms with E-state index in [1.807, 2.05) is 18.2 Å². The number of rotatable bonds is 3. The minimum absolute atomic E-state index is 0.176. The van der Waals surface area contributed by atoms with Gasteiger partial charge in [-0.25, -0.2) is 4.98 Å². The van der Waals surface area contributed by atoms with E-state index in [-0.39, 0.29) is 5.91 Å². The third-order valence-electron chi connectivity index (χ3n) is 2.88. The van der Waals surface area contributed by atoms with Crippen LogP contribution in [0.25, 0.3) is 0 Å². The van der Waals surface area contributed by atoms with E-state index in [0.717, 1.165) is 5.69 Å². The number of carbonyl (C=O) groups excluding carboxylic acids is 1. The van der Waals surface area contributed by atoms with E-state index in [4.69, 9.17) is 4.42 Å². The average Bonchev–Trinajstić information content (AvgIpc) is 2.91. The zero-order chi connectivity index (χ0) is 13.1. The van der Waals surface area contributed by atoms with Crippen LogP contribution in [0, 0.1) is 0 Å². The Morgan fingerprint density at radius 1 is 1.39 bits per heavy atom. The molecule has 1 heterocycles. The predicted molar refractivity (Wildman–Crippen MR) is 69.8 cm³/mol. The van der Waals surface area contributed by atoms with Gasteiger partial charge in [0.05, 0.1) is 0 Å². The number of hydrogen-bond acceptors (Lipinski definition) is 3. The Balaban J connectivity index is 2.26. The topological polar surface area (TPSA) is 46.3 Å². The highest BCUT2D eigenvalue weighted by molar-refractivity contribution is 6.04. The second kappa shape index (κ2) is 5.04. The SMILES string of the molecule is CC(C)c1cccc(N(C)C(=O)c2cocn2)c1. The lowest BCUT2D eigenvalue weighted by Crippen LogP contribution is -2.26. The number of hydrogen-bond donors (Lipinski definition) is 0. The van der Waals surface area contributed by atoms with E-state index in [0.29, 0.717) is 11.6 Å². The molecule has 0 aliphatic carbocycles. The summed E-state index contributed by atoms with van der Waals surface area (Å²) in [6, 6.07) is 7.94. The van der Waals surface area contributed by atoms with Gasteiger partial charge < -0.3 is 9.32 Å². The third-order valence-corrected chi connectivity index (χ3v) is 2.88. The van der Waals surface area contributed by atoms with Crippen molar-refractivity contribution in [3.05, 3.63) is 48.2 Å². The van der Waals surface area contributed by atoms with Crippen molar-refractivity contribution in [1.29, 1.82) is 0 Å². The van der Waals surface area contributed by atoms with E-state index in [2.05, 4.69) is 24.9 Å². The molecule has 1 aromatic heterocycles. The second-order valence-electron chi connectivity index (χ2n) is 4.49. The van der Waals surface area contributed by atoms with Crippen molar-refractivity contribution in [3.63, 3.8) is 0 Å². The molecule has 18 heavy (non-hydrogen) atoms. The maximum atomic E-state index is 12.1. The molecule has 0 N–H and O–H groups in total. The molecule has 4 heteroatoms. The summed E-state index contributed by atoms with van der Waals surface area (Å²) >= 11 is 0. The van der Waals surface area contributed by atoms with Crippen LogP contribution in [0.4, 0.5) is 5.69 Å². The lowest BCUT2D eigenvalue weighted by atomic mass is 10.0. The first-order valence-corrected chi connectivity index (χ1v) is 5.86. The van der Waals surface area contributed by atoms with Gasteiger partial charge in [-0.05, 0) is 23.6 Å². The van der Waals surface area contributed by atoms with Crippen molar-refractivity contribution in [1.82, 2.24) is 4.98 Å². The molecule has 0 atom stereocenters. The third kappa shape index (κ3) is 2.42. The van der Waals surface area contributed by atoms with Gasteiger partial charge in [-0.2, -0.15) is 0 Å². The number of nitrogens with zero attached hydrogens (tertiary/aromatic N) is 2. The highest BCUT2D eigenvalue weighted by atomic mass is 16.3. The molecule has 4 nitrogen and oxygen atoms in total. The largest absolute Gasteiger partial charge is 0.451 e. The van der Waals surface area contributed by atoms with Crippen LogP contribution >= 0.6 is 0 Å². The molecule has 94 valence electrons. The Morgan fingerprint density at radius 2 is 2.17 bits per heavy atom. The van der Waals surface area contributed by atoms with Crippen LogP contribution in [0.3, 0.4) is 0 Å². The lowest BCUT2D eigenvalue weighted by molar-refractivity contribution is 0.0988. The molecule has 0 radical (unpaired) electrons. The van der Waals surface area contributed by atoms with Crippen LogP contribution in [0.1, 0.15) is 35.8 Å². The fourth-order valence-electron chi connectivity index (χ4n) is 1.70. The maximum absolute atomic E-state index is 12.1. The Kier molecular flexibility index (Phi) is 3.46. The number of benzene rings is 1. The normalized spacial score (nSPS) is 10.7. The molecule has 0 unspecified atom stereocenters. The van der Waals surface area contributed by atoms with Crippen LogP contribution in [0.5, 0.6) is 0 Å². The minimum atomic E-state index is -0.176. The van der Waals surface area contributed by atoms with Crippen LogP contribution in [-0.4, -0.2) is 17.9 Å². The van der Waals surface area contributed by atoms with E-state index in [9.17, 15) is 4.79 Å². The van der Waals surface area contributed by atoms with Gasteiger partial charge in [-0.3, -0.25) is 4.79 Å². The molecule has 0 saturated heterocycles. The smallest absolute Gasteiger partial charge is 0.279 e. The van der Waals surface area contributed by atoms with Gasteiger partial charge in [0.2, 0.25) is 0 Å². The highest BCUT2D eigenvalue weighted by Crippen LogP contribution is 2.21. The molecule has 2 aromatic rings. The van der Waals surface area contributed by atoms with Gasteiger partial charge in [0.15, 0.2) is 12.1 Å². The van der Waals surface area contributed by atoms with Crippen molar-refractivity contribution in [2.45, 2.75) is 19.8 Å². The standard InChI is InChI=1S/C14H16N2O2/c1-10(2)11-5-4-6-12(7-11)16(3)14(17)13-8-18-9-15-13/h4-10H,1-3H3. The summed E-state index contributed by atoms with van der Waals surface area (Å²) in [5.74, 6) is 0.255. The van der Waals surface area contributed by atoms with Crippen molar-refractivity contribution in [2.75, 3.05) is 11.9 Å². The van der Waals surface area contributed by atoms with Crippen LogP contribution < -0.4 is 4.90 Å². The van der Waals surface area contributed by atoms with Gasteiger partial charge in [0.25, 0.3) is 5.91 Å². The number of aromatic nitrogens is 1. The molecule has 0 aliphatic heterocycles. The summed E-state index contributed by atoms with van der Waals surface area (Å²) in [7, 11) is 1.73. The van der Waals surface area contributed by atoms with Crippen molar-refractivity contribution in [3.8, 4) is 0 Å². The van der Waals surface area contributed by atoms with Gasteiger partial charge >= 0.3 is 0 Å². The molecule has 1 aromatic carbocycles. The fourth-order valence-corrected chi connectivity index (χ4v) is 1.70. The zero-order valence-corrected chi connectivity index (χ0v) is 10.8. The maximum Gasteiger partial charge on any atom is 0.279 e. The molecule has 0 saturated carbocycles. The van der Waals surface area contributed by atoms with Crippen molar-refractivity contribution < 1.29 is 9.21 Å². The molecule has 0 fully saturated rings. The lowest BCUT2D eigenvalue weighted by Gasteiger charge is -2.17. The van der Waals surface area contributed by atoms with Gasteiger partial charge in [-0.15, -0.1) is 0 Å². The summed E-state index contributed by atoms with van der Waals surface area (Å²) in [6.45, 7) is 4.25. The van der Waals surface area contributed by atoms with Crippen LogP contribution in [0.2, 0.25) is 0 Å². The van der Waals surface area contributed by atoms with Crippen LogP contribution in [-0.2, 0) is 0 Å². The molecule has 1 amide bonds. The molecule has 0 aliphatic rings. The fraction of sp³-hybridized carbons (Fsp3) is 0.286. The van der Waals surface area contributed by atoms with E-state index in [1.54, 1.807) is 11.9 Å². The Labute approximate surface area is 106 Å². The average molecular weight is 244 g/mol. The van der Waals surface area contributed by atoms with Gasteiger partial charge in [0.1, 0.15) is 6.26 Å². The summed E-state index contributed by atoms with van der Waals surface area (Å²) in [4.78, 5) is 17.5. The van der Waals surface area contributed by atoms with Gasteiger partial charge in [-0.1, -0.05) is 26.0 Å². The molecule has 0 spiro atoms. The van der Waals surface area contributed by atoms with Crippen molar-refractivity contribution in [2.24, 2.45) is 0 Å². The summed E-state index contributed by atoms with van der Waals surface area (Å²) in [6.07, 6.45) is 2.61. The number of oxazole rings is 1. The van der Waals surface area contributed by atoms with E-state index >= 15 is 0 Å². The van der Waals surface area contributed by atoms with E-state index < -0.39 is 0 Å². The van der Waals surface area contributed by atoms with Crippen LogP contribution in [0.15, 0.2) is 41.3 Å². The summed E-state index contributed by atoms with van der Waals surface area (Å²) < 4.78 is 4.83. The highest BCUT2D eigenvalue weighted by Gasteiger charge is 2.16. The Hall–Kier alpha value is -2.10. The number of carbonyl (C=O) groups is 1.